The second kappa shape index (κ2) is 2.66. The maximum atomic E-state index is 12.7. The highest BCUT2D eigenvalue weighted by Crippen LogP contribution is 2.31. The summed E-state index contributed by atoms with van der Waals surface area (Å²) in [6.07, 6.45) is -0.000648. The molecule has 1 atom stereocenters. The first-order chi connectivity index (χ1) is 5.75. The van der Waals surface area contributed by atoms with E-state index in [9.17, 15) is 4.39 Å². The number of hydrogen-bond acceptors (Lipinski definition) is 2. The first-order valence-corrected chi connectivity index (χ1v) is 3.85. The third-order valence-corrected chi connectivity index (χ3v) is 1.71. The van der Waals surface area contributed by atoms with E-state index in [4.69, 9.17) is 9.47 Å². The molecule has 0 N–H and O–H groups in total. The van der Waals surface area contributed by atoms with Gasteiger partial charge in [0, 0.05) is 6.07 Å². The Hall–Kier alpha value is -1.25. The van der Waals surface area contributed by atoms with Crippen LogP contribution in [-0.4, -0.2) is 12.7 Å². The Labute approximate surface area is 69.9 Å². The average Bonchev–Trinajstić information content (AvgIpc) is 2.03. The minimum absolute atomic E-state index is 0.000648. The van der Waals surface area contributed by atoms with Crippen molar-refractivity contribution in [1.29, 1.82) is 0 Å². The van der Waals surface area contributed by atoms with E-state index in [0.717, 1.165) is 0 Å². The second-order valence-corrected chi connectivity index (χ2v) is 2.83. The average molecular weight is 168 g/mol. The van der Waals surface area contributed by atoms with Crippen LogP contribution < -0.4 is 9.47 Å². The molecular weight excluding hydrogens is 159 g/mol. The summed E-state index contributed by atoms with van der Waals surface area (Å²) in [5.41, 5.74) is 0. The largest absolute Gasteiger partial charge is 0.486 e. The van der Waals surface area contributed by atoms with Crippen LogP contribution >= 0.6 is 0 Å². The molecule has 1 aliphatic rings. The van der Waals surface area contributed by atoms with Gasteiger partial charge in [-0.05, 0) is 19.1 Å². The van der Waals surface area contributed by atoms with Crippen LogP contribution in [-0.2, 0) is 0 Å². The van der Waals surface area contributed by atoms with Gasteiger partial charge >= 0.3 is 0 Å². The van der Waals surface area contributed by atoms with Crippen molar-refractivity contribution in [2.45, 2.75) is 13.0 Å². The van der Waals surface area contributed by atoms with Crippen molar-refractivity contribution in [2.75, 3.05) is 6.61 Å². The summed E-state index contributed by atoms with van der Waals surface area (Å²) in [6.45, 7) is 2.41. The minimum Gasteiger partial charge on any atom is -0.486 e. The zero-order valence-electron chi connectivity index (χ0n) is 6.71. The zero-order valence-corrected chi connectivity index (χ0v) is 6.71. The fraction of sp³-hybridized carbons (Fsp3) is 0.333. The van der Waals surface area contributed by atoms with Gasteiger partial charge in [-0.2, -0.15) is 0 Å². The first-order valence-electron chi connectivity index (χ1n) is 3.85. The van der Waals surface area contributed by atoms with E-state index in [1.54, 1.807) is 6.07 Å². The third-order valence-electron chi connectivity index (χ3n) is 1.71. The smallest absolute Gasteiger partial charge is 0.164 e. The summed E-state index contributed by atoms with van der Waals surface area (Å²) in [4.78, 5) is 0. The van der Waals surface area contributed by atoms with Crippen LogP contribution in [0.15, 0.2) is 18.2 Å². The fourth-order valence-corrected chi connectivity index (χ4v) is 1.15. The summed E-state index contributed by atoms with van der Waals surface area (Å²) in [5, 5.41) is 0. The molecule has 1 heterocycles. The molecule has 0 radical (unpaired) electrons. The highest BCUT2D eigenvalue weighted by molar-refractivity contribution is 5.41. The zero-order chi connectivity index (χ0) is 8.55. The minimum atomic E-state index is -0.300. The van der Waals surface area contributed by atoms with Crippen molar-refractivity contribution in [1.82, 2.24) is 0 Å². The van der Waals surface area contributed by atoms with Gasteiger partial charge in [0.25, 0.3) is 0 Å². The molecule has 0 amide bonds. The molecule has 64 valence electrons. The van der Waals surface area contributed by atoms with Crippen LogP contribution in [0.3, 0.4) is 0 Å². The van der Waals surface area contributed by atoms with Gasteiger partial charge in [0.1, 0.15) is 18.5 Å². The Morgan fingerprint density at radius 3 is 3.08 bits per heavy atom. The summed E-state index contributed by atoms with van der Waals surface area (Å²) >= 11 is 0. The van der Waals surface area contributed by atoms with Gasteiger partial charge in [-0.3, -0.25) is 0 Å². The Kier molecular flexibility index (Phi) is 1.64. The lowest BCUT2D eigenvalue weighted by atomic mass is 10.2. The van der Waals surface area contributed by atoms with Gasteiger partial charge in [-0.15, -0.1) is 0 Å². The summed E-state index contributed by atoms with van der Waals surface area (Å²) < 4.78 is 23.3. The van der Waals surface area contributed by atoms with Crippen molar-refractivity contribution >= 4 is 0 Å². The monoisotopic (exact) mass is 168 g/mol. The van der Waals surface area contributed by atoms with Gasteiger partial charge in [0.15, 0.2) is 11.5 Å². The molecular formula is C9H9FO2. The standard InChI is InChI=1S/C9H9FO2/c1-6-5-11-8-3-2-7(10)4-9(8)12-6/h2-4,6H,5H2,1H3/t6-/m1/s1. The maximum Gasteiger partial charge on any atom is 0.164 e. The lowest BCUT2D eigenvalue weighted by Crippen LogP contribution is -2.25. The Bertz CT molecular complexity index is 299. The van der Waals surface area contributed by atoms with Crippen LogP contribution in [0.5, 0.6) is 11.5 Å². The molecule has 3 heteroatoms. The summed E-state index contributed by atoms with van der Waals surface area (Å²) in [7, 11) is 0. The molecule has 12 heavy (non-hydrogen) atoms. The predicted octanol–water partition coefficient (Wildman–Crippen LogP) is 1.99. The Balaban J connectivity index is 2.37. The SMILES string of the molecule is C[C@@H]1COc2ccc(F)cc2O1. The molecule has 0 fully saturated rings. The van der Waals surface area contributed by atoms with Gasteiger partial charge in [-0.1, -0.05) is 0 Å². The molecule has 0 bridgehead atoms. The van der Waals surface area contributed by atoms with Gasteiger partial charge in [0.2, 0.25) is 0 Å². The van der Waals surface area contributed by atoms with Crippen molar-refractivity contribution in [2.24, 2.45) is 0 Å². The van der Waals surface area contributed by atoms with Crippen LogP contribution in [0.4, 0.5) is 4.39 Å². The van der Waals surface area contributed by atoms with E-state index in [1.807, 2.05) is 6.92 Å². The molecule has 1 aromatic rings. The Morgan fingerprint density at radius 1 is 1.42 bits per heavy atom. The lowest BCUT2D eigenvalue weighted by Gasteiger charge is -2.23. The molecule has 0 unspecified atom stereocenters. The van der Waals surface area contributed by atoms with Gasteiger partial charge in [-0.25, -0.2) is 4.39 Å². The van der Waals surface area contributed by atoms with Crippen LogP contribution in [0.25, 0.3) is 0 Å². The number of fused-ring (bicyclic) bond motifs is 1. The number of rotatable bonds is 0. The maximum absolute atomic E-state index is 12.7. The van der Waals surface area contributed by atoms with Gasteiger partial charge in [0.05, 0.1) is 0 Å². The van der Waals surface area contributed by atoms with Crippen molar-refractivity contribution in [3.8, 4) is 11.5 Å². The molecule has 0 aromatic heterocycles. The lowest BCUT2D eigenvalue weighted by molar-refractivity contribution is 0.103. The topological polar surface area (TPSA) is 18.5 Å². The first kappa shape index (κ1) is 7.40. The number of hydrogen-bond donors (Lipinski definition) is 0. The van der Waals surface area contributed by atoms with Crippen molar-refractivity contribution < 1.29 is 13.9 Å². The second-order valence-electron chi connectivity index (χ2n) is 2.83. The van der Waals surface area contributed by atoms with Crippen LogP contribution in [0.2, 0.25) is 0 Å². The molecule has 2 rings (SSSR count). The predicted molar refractivity (Wildman–Crippen MR) is 42.0 cm³/mol. The molecule has 0 spiro atoms. The number of halogens is 1. The molecule has 0 saturated heterocycles. The van der Waals surface area contributed by atoms with Crippen LogP contribution in [0.1, 0.15) is 6.92 Å². The molecule has 1 aliphatic heterocycles. The van der Waals surface area contributed by atoms with Crippen molar-refractivity contribution in [3.05, 3.63) is 24.0 Å². The number of ether oxygens (including phenoxy) is 2. The number of benzene rings is 1. The molecule has 0 saturated carbocycles. The highest BCUT2D eigenvalue weighted by atomic mass is 19.1. The van der Waals surface area contributed by atoms with E-state index < -0.39 is 0 Å². The molecule has 2 nitrogen and oxygen atoms in total. The van der Waals surface area contributed by atoms with Crippen LogP contribution in [0, 0.1) is 5.82 Å². The van der Waals surface area contributed by atoms with E-state index in [2.05, 4.69) is 0 Å². The molecule has 0 aliphatic carbocycles. The summed E-state index contributed by atoms with van der Waals surface area (Å²) in [6, 6.07) is 4.28. The van der Waals surface area contributed by atoms with Crippen molar-refractivity contribution in [3.63, 3.8) is 0 Å². The highest BCUT2D eigenvalue weighted by Gasteiger charge is 2.16. The quantitative estimate of drug-likeness (QED) is 0.589. The van der Waals surface area contributed by atoms with E-state index in [-0.39, 0.29) is 11.9 Å². The summed E-state index contributed by atoms with van der Waals surface area (Å²) in [5.74, 6) is 0.815. The fourth-order valence-electron chi connectivity index (χ4n) is 1.15. The van der Waals surface area contributed by atoms with E-state index in [1.165, 1.54) is 12.1 Å². The van der Waals surface area contributed by atoms with Gasteiger partial charge < -0.3 is 9.47 Å². The molecule has 1 aromatic carbocycles. The Morgan fingerprint density at radius 2 is 2.25 bits per heavy atom. The third kappa shape index (κ3) is 1.22. The van der Waals surface area contributed by atoms with E-state index in [0.29, 0.717) is 18.1 Å². The normalized spacial score (nSPS) is 20.7. The van der Waals surface area contributed by atoms with E-state index >= 15 is 0 Å².